The standard InChI is InChI=1S/C15H11N3O7/c16-13(15(20)25-12-4-2-1-3-5-12)14(19)9-6-10(17(21)22)8-11(7-9)18(23)24/h1-8,13H,16H2/t13-/m0/s1. The van der Waals surface area contributed by atoms with E-state index >= 15 is 0 Å². The van der Waals surface area contributed by atoms with E-state index < -0.39 is 44.6 Å². The van der Waals surface area contributed by atoms with Crippen molar-refractivity contribution in [3.63, 3.8) is 0 Å². The van der Waals surface area contributed by atoms with E-state index in [1.807, 2.05) is 0 Å². The minimum absolute atomic E-state index is 0.153. The second-order valence-electron chi connectivity index (χ2n) is 4.83. The summed E-state index contributed by atoms with van der Waals surface area (Å²) in [7, 11) is 0. The number of hydrogen-bond acceptors (Lipinski definition) is 8. The molecule has 2 rings (SSSR count). The van der Waals surface area contributed by atoms with Crippen LogP contribution in [-0.2, 0) is 4.79 Å². The van der Waals surface area contributed by atoms with Crippen molar-refractivity contribution in [1.29, 1.82) is 0 Å². The molecular formula is C15H11N3O7. The van der Waals surface area contributed by atoms with E-state index in [4.69, 9.17) is 10.5 Å². The van der Waals surface area contributed by atoms with Crippen molar-refractivity contribution in [1.82, 2.24) is 0 Å². The van der Waals surface area contributed by atoms with Crippen molar-refractivity contribution >= 4 is 23.1 Å². The quantitative estimate of drug-likeness (QED) is 0.207. The molecule has 2 N–H and O–H groups in total. The molecule has 0 spiro atoms. The van der Waals surface area contributed by atoms with Crippen molar-refractivity contribution in [3.8, 4) is 5.75 Å². The molecule has 0 heterocycles. The number of hydrogen-bond donors (Lipinski definition) is 1. The Bertz CT molecular complexity index is 819. The number of nitro groups is 2. The Kier molecular flexibility index (Phi) is 5.15. The zero-order valence-corrected chi connectivity index (χ0v) is 12.5. The summed E-state index contributed by atoms with van der Waals surface area (Å²) in [6, 6.07) is 8.34. The highest BCUT2D eigenvalue weighted by Crippen LogP contribution is 2.23. The summed E-state index contributed by atoms with van der Waals surface area (Å²) in [5.41, 5.74) is 3.77. The molecule has 0 aliphatic heterocycles. The summed E-state index contributed by atoms with van der Waals surface area (Å²) in [6.07, 6.45) is 0. The highest BCUT2D eigenvalue weighted by molar-refractivity contribution is 6.12. The van der Waals surface area contributed by atoms with Crippen molar-refractivity contribution < 1.29 is 24.2 Å². The number of nitro benzene ring substituents is 2. The molecule has 10 heteroatoms. The van der Waals surface area contributed by atoms with Crippen LogP contribution >= 0.6 is 0 Å². The molecule has 0 aromatic heterocycles. The number of nitrogens with two attached hydrogens (primary N) is 1. The Labute approximate surface area is 140 Å². The van der Waals surface area contributed by atoms with Gasteiger partial charge in [-0.05, 0) is 12.1 Å². The zero-order valence-electron chi connectivity index (χ0n) is 12.5. The predicted molar refractivity (Wildman–Crippen MR) is 84.1 cm³/mol. The topological polar surface area (TPSA) is 156 Å². The predicted octanol–water partition coefficient (Wildman–Crippen LogP) is 1.62. The van der Waals surface area contributed by atoms with Crippen LogP contribution in [-0.4, -0.2) is 27.6 Å². The van der Waals surface area contributed by atoms with Crippen molar-refractivity contribution in [2.24, 2.45) is 5.73 Å². The van der Waals surface area contributed by atoms with Crippen LogP contribution in [0.4, 0.5) is 11.4 Å². The fraction of sp³-hybridized carbons (Fsp3) is 0.0667. The molecule has 0 saturated carbocycles. The minimum atomic E-state index is -1.79. The number of ketones is 1. The van der Waals surface area contributed by atoms with Gasteiger partial charge >= 0.3 is 5.97 Å². The third-order valence-corrected chi connectivity index (χ3v) is 3.11. The molecule has 2 aromatic rings. The van der Waals surface area contributed by atoms with Gasteiger partial charge in [0.2, 0.25) is 0 Å². The number of Topliss-reactive ketones (excluding diaryl/α,β-unsaturated/α-hetero) is 1. The number of nitrogens with zero attached hydrogens (tertiary/aromatic N) is 2. The third-order valence-electron chi connectivity index (χ3n) is 3.11. The van der Waals surface area contributed by atoms with E-state index in [9.17, 15) is 29.8 Å². The lowest BCUT2D eigenvalue weighted by atomic mass is 10.0. The maximum absolute atomic E-state index is 12.3. The summed E-state index contributed by atoms with van der Waals surface area (Å²) in [5, 5.41) is 21.7. The SMILES string of the molecule is N[C@H](C(=O)Oc1ccccc1)C(=O)c1cc([N+](=O)[O-])cc([N+](=O)[O-])c1. The van der Waals surface area contributed by atoms with Gasteiger partial charge < -0.3 is 10.5 Å². The number of benzene rings is 2. The van der Waals surface area contributed by atoms with Crippen molar-refractivity contribution in [3.05, 3.63) is 74.3 Å². The van der Waals surface area contributed by atoms with Crippen LogP contribution in [0, 0.1) is 20.2 Å². The first kappa shape index (κ1) is 17.7. The van der Waals surface area contributed by atoms with Gasteiger partial charge in [-0.1, -0.05) is 18.2 Å². The van der Waals surface area contributed by atoms with Gasteiger partial charge in [-0.25, -0.2) is 4.79 Å². The summed E-state index contributed by atoms with van der Waals surface area (Å²) in [6.45, 7) is 0. The van der Waals surface area contributed by atoms with E-state index in [1.54, 1.807) is 18.2 Å². The molecule has 25 heavy (non-hydrogen) atoms. The minimum Gasteiger partial charge on any atom is -0.425 e. The number of carbonyl (C=O) groups is 2. The summed E-state index contributed by atoms with van der Waals surface area (Å²) in [4.78, 5) is 44.1. The van der Waals surface area contributed by atoms with Crippen LogP contribution in [0.1, 0.15) is 10.4 Å². The fourth-order valence-electron chi connectivity index (χ4n) is 1.90. The largest absolute Gasteiger partial charge is 0.425 e. The van der Waals surface area contributed by atoms with Gasteiger partial charge in [-0.2, -0.15) is 0 Å². The van der Waals surface area contributed by atoms with Crippen LogP contribution in [0.3, 0.4) is 0 Å². The van der Waals surface area contributed by atoms with Crippen LogP contribution in [0.25, 0.3) is 0 Å². The van der Waals surface area contributed by atoms with Crippen LogP contribution in [0.2, 0.25) is 0 Å². The second-order valence-corrected chi connectivity index (χ2v) is 4.83. The number of esters is 1. The highest BCUT2D eigenvalue weighted by atomic mass is 16.6. The lowest BCUT2D eigenvalue weighted by Crippen LogP contribution is -2.41. The Balaban J connectivity index is 2.28. The van der Waals surface area contributed by atoms with E-state index in [0.717, 1.165) is 12.1 Å². The first-order valence-electron chi connectivity index (χ1n) is 6.80. The average molecular weight is 345 g/mol. The lowest BCUT2D eigenvalue weighted by molar-refractivity contribution is -0.394. The average Bonchev–Trinajstić information content (AvgIpc) is 2.60. The Morgan fingerprint density at radius 3 is 1.96 bits per heavy atom. The van der Waals surface area contributed by atoms with Gasteiger partial charge in [0.25, 0.3) is 11.4 Å². The first-order chi connectivity index (χ1) is 11.8. The Morgan fingerprint density at radius 1 is 0.960 bits per heavy atom. The monoisotopic (exact) mass is 345 g/mol. The maximum atomic E-state index is 12.3. The molecule has 128 valence electrons. The maximum Gasteiger partial charge on any atom is 0.336 e. The molecule has 0 amide bonds. The number of ether oxygens (including phenoxy) is 1. The fourth-order valence-corrected chi connectivity index (χ4v) is 1.90. The van der Waals surface area contributed by atoms with Gasteiger partial charge in [-0.3, -0.25) is 25.0 Å². The molecule has 0 fully saturated rings. The number of non-ortho nitro benzene ring substituents is 2. The van der Waals surface area contributed by atoms with E-state index in [2.05, 4.69) is 0 Å². The van der Waals surface area contributed by atoms with E-state index in [-0.39, 0.29) is 5.75 Å². The van der Waals surface area contributed by atoms with Gasteiger partial charge in [0.15, 0.2) is 11.8 Å². The second kappa shape index (κ2) is 7.27. The molecule has 10 nitrogen and oxygen atoms in total. The van der Waals surface area contributed by atoms with Crippen molar-refractivity contribution in [2.75, 3.05) is 0 Å². The normalized spacial score (nSPS) is 11.4. The van der Waals surface area contributed by atoms with Crippen LogP contribution < -0.4 is 10.5 Å². The van der Waals surface area contributed by atoms with Gasteiger partial charge in [0, 0.05) is 17.7 Å². The number of rotatable bonds is 6. The number of para-hydroxylation sites is 1. The molecule has 0 unspecified atom stereocenters. The Hall–Kier alpha value is -3.66. The lowest BCUT2D eigenvalue weighted by Gasteiger charge is -2.10. The molecule has 2 aromatic carbocycles. The smallest absolute Gasteiger partial charge is 0.336 e. The molecule has 0 aliphatic carbocycles. The van der Waals surface area contributed by atoms with Crippen LogP contribution in [0.5, 0.6) is 5.75 Å². The molecule has 1 atom stereocenters. The summed E-state index contributed by atoms with van der Waals surface area (Å²) < 4.78 is 4.92. The van der Waals surface area contributed by atoms with Gasteiger partial charge in [0.1, 0.15) is 5.75 Å². The molecule has 0 bridgehead atoms. The highest BCUT2D eigenvalue weighted by Gasteiger charge is 2.28. The molecular weight excluding hydrogens is 334 g/mol. The first-order valence-corrected chi connectivity index (χ1v) is 6.80. The zero-order chi connectivity index (χ0) is 18.6. The molecule has 0 aliphatic rings. The van der Waals surface area contributed by atoms with Gasteiger partial charge in [0.05, 0.1) is 15.9 Å². The molecule has 0 saturated heterocycles. The van der Waals surface area contributed by atoms with Crippen molar-refractivity contribution in [2.45, 2.75) is 6.04 Å². The van der Waals surface area contributed by atoms with Gasteiger partial charge in [-0.15, -0.1) is 0 Å². The summed E-state index contributed by atoms with van der Waals surface area (Å²) >= 11 is 0. The third kappa shape index (κ3) is 4.20. The summed E-state index contributed by atoms with van der Waals surface area (Å²) in [5.74, 6) is -1.97. The van der Waals surface area contributed by atoms with E-state index in [1.165, 1.54) is 12.1 Å². The van der Waals surface area contributed by atoms with E-state index in [0.29, 0.717) is 6.07 Å². The molecule has 0 radical (unpaired) electrons. The Morgan fingerprint density at radius 2 is 1.48 bits per heavy atom. The van der Waals surface area contributed by atoms with Crippen LogP contribution in [0.15, 0.2) is 48.5 Å². The number of carbonyl (C=O) groups excluding carboxylic acids is 2.